The Kier molecular flexibility index (Phi) is 5.48. The van der Waals surface area contributed by atoms with Crippen LogP contribution in [0.15, 0.2) is 41.0 Å². The number of hydrogen-bond acceptors (Lipinski definition) is 2. The van der Waals surface area contributed by atoms with Crippen LogP contribution in [0, 0.1) is 3.57 Å². The van der Waals surface area contributed by atoms with Crippen LogP contribution in [-0.2, 0) is 6.42 Å². The summed E-state index contributed by atoms with van der Waals surface area (Å²) in [6, 6.07) is 9.19. The Labute approximate surface area is 136 Å². The van der Waals surface area contributed by atoms with Crippen LogP contribution in [0.5, 0.6) is 0 Å². The van der Waals surface area contributed by atoms with Gasteiger partial charge in [-0.2, -0.15) is 0 Å². The number of nitrogens with one attached hydrogen (secondary N) is 1. The highest BCUT2D eigenvalue weighted by Crippen LogP contribution is 2.19. The van der Waals surface area contributed by atoms with Crippen molar-refractivity contribution < 1.29 is 9.21 Å². The first-order chi connectivity index (χ1) is 9.56. The van der Waals surface area contributed by atoms with Crippen LogP contribution in [0.2, 0.25) is 5.02 Å². The van der Waals surface area contributed by atoms with Crippen molar-refractivity contribution in [1.82, 2.24) is 5.32 Å². The third-order valence-electron chi connectivity index (χ3n) is 2.96. The Bertz CT molecular complexity index is 584. The molecule has 2 rings (SSSR count). The van der Waals surface area contributed by atoms with E-state index in [9.17, 15) is 4.79 Å². The van der Waals surface area contributed by atoms with E-state index >= 15 is 0 Å². The van der Waals surface area contributed by atoms with Crippen LogP contribution in [0.4, 0.5) is 0 Å². The normalized spacial score (nSPS) is 12.2. The molecule has 1 heterocycles. The summed E-state index contributed by atoms with van der Waals surface area (Å²) in [5, 5.41) is 3.56. The molecule has 1 unspecified atom stereocenters. The zero-order chi connectivity index (χ0) is 14.5. The largest absolute Gasteiger partial charge is 0.469 e. The fourth-order valence-electron chi connectivity index (χ4n) is 1.83. The molecule has 3 nitrogen and oxygen atoms in total. The van der Waals surface area contributed by atoms with Crippen LogP contribution >= 0.6 is 34.2 Å². The summed E-state index contributed by atoms with van der Waals surface area (Å²) >= 11 is 8.16. The Morgan fingerprint density at radius 1 is 1.45 bits per heavy atom. The second kappa shape index (κ2) is 7.13. The maximum Gasteiger partial charge on any atom is 0.251 e. The predicted molar refractivity (Wildman–Crippen MR) is 88.1 cm³/mol. The minimum atomic E-state index is -0.102. The van der Waals surface area contributed by atoms with Gasteiger partial charge in [-0.05, 0) is 66.3 Å². The zero-order valence-electron chi connectivity index (χ0n) is 11.0. The van der Waals surface area contributed by atoms with Crippen molar-refractivity contribution in [3.05, 3.63) is 56.5 Å². The molecule has 1 atom stereocenters. The van der Waals surface area contributed by atoms with Crippen LogP contribution in [0.25, 0.3) is 0 Å². The fraction of sp³-hybridized carbons (Fsp3) is 0.267. The molecule has 5 heteroatoms. The SMILES string of the molecule is CC(CCc1ccco1)NC(=O)c1ccc(I)c(Cl)c1. The minimum Gasteiger partial charge on any atom is -0.469 e. The van der Waals surface area contributed by atoms with E-state index in [0.29, 0.717) is 10.6 Å². The Morgan fingerprint density at radius 3 is 2.90 bits per heavy atom. The molecule has 2 aromatic rings. The summed E-state index contributed by atoms with van der Waals surface area (Å²) < 4.78 is 6.21. The van der Waals surface area contributed by atoms with E-state index in [0.717, 1.165) is 22.2 Å². The Hall–Kier alpha value is -1.01. The van der Waals surface area contributed by atoms with Crippen LogP contribution in [0.3, 0.4) is 0 Å². The monoisotopic (exact) mass is 403 g/mol. The second-order valence-electron chi connectivity index (χ2n) is 4.62. The molecule has 0 saturated carbocycles. The number of rotatable bonds is 5. The average Bonchev–Trinajstić information content (AvgIpc) is 2.92. The molecule has 0 radical (unpaired) electrons. The van der Waals surface area contributed by atoms with Gasteiger partial charge >= 0.3 is 0 Å². The summed E-state index contributed by atoms with van der Waals surface area (Å²) in [7, 11) is 0. The highest BCUT2D eigenvalue weighted by molar-refractivity contribution is 14.1. The minimum absolute atomic E-state index is 0.0747. The summed E-state index contributed by atoms with van der Waals surface area (Å²) in [5.41, 5.74) is 0.584. The number of benzene rings is 1. The number of amides is 1. The van der Waals surface area contributed by atoms with Crippen molar-refractivity contribution in [2.75, 3.05) is 0 Å². The molecule has 0 aliphatic carbocycles. The van der Waals surface area contributed by atoms with Crippen molar-refractivity contribution in [3.8, 4) is 0 Å². The van der Waals surface area contributed by atoms with Gasteiger partial charge in [0.2, 0.25) is 0 Å². The van der Waals surface area contributed by atoms with E-state index in [2.05, 4.69) is 27.9 Å². The van der Waals surface area contributed by atoms with E-state index < -0.39 is 0 Å². The molecule has 0 bridgehead atoms. The quantitative estimate of drug-likeness (QED) is 0.757. The van der Waals surface area contributed by atoms with Gasteiger partial charge in [0.1, 0.15) is 5.76 Å². The van der Waals surface area contributed by atoms with Gasteiger partial charge in [-0.1, -0.05) is 11.6 Å². The topological polar surface area (TPSA) is 42.2 Å². The van der Waals surface area contributed by atoms with E-state index in [1.165, 1.54) is 0 Å². The summed E-state index contributed by atoms with van der Waals surface area (Å²) in [5.74, 6) is 0.832. The van der Waals surface area contributed by atoms with Crippen molar-refractivity contribution in [2.24, 2.45) is 0 Å². The number of hydrogen-bond donors (Lipinski definition) is 1. The molecule has 106 valence electrons. The standard InChI is InChI=1S/C15H15ClINO2/c1-10(4-6-12-3-2-8-20-12)18-15(19)11-5-7-14(17)13(16)9-11/h2-3,5,7-10H,4,6H2,1H3,(H,18,19). The van der Waals surface area contributed by atoms with Gasteiger partial charge in [0.15, 0.2) is 0 Å². The summed E-state index contributed by atoms with van der Waals surface area (Å²) in [6.07, 6.45) is 3.30. The second-order valence-corrected chi connectivity index (χ2v) is 6.19. The number of carbonyl (C=O) groups is 1. The molecular weight excluding hydrogens is 389 g/mol. The summed E-state index contributed by atoms with van der Waals surface area (Å²) in [4.78, 5) is 12.1. The first-order valence-electron chi connectivity index (χ1n) is 6.34. The summed E-state index contributed by atoms with van der Waals surface area (Å²) in [6.45, 7) is 1.98. The van der Waals surface area contributed by atoms with Gasteiger partial charge in [0.25, 0.3) is 5.91 Å². The first kappa shape index (κ1) is 15.4. The molecule has 1 aromatic carbocycles. The lowest BCUT2D eigenvalue weighted by Gasteiger charge is -2.13. The van der Waals surface area contributed by atoms with Crippen LogP contribution < -0.4 is 5.32 Å². The number of aryl methyl sites for hydroxylation is 1. The Morgan fingerprint density at radius 2 is 2.25 bits per heavy atom. The lowest BCUT2D eigenvalue weighted by molar-refractivity contribution is 0.0938. The predicted octanol–water partition coefficient (Wildman–Crippen LogP) is 4.29. The molecule has 1 amide bonds. The zero-order valence-corrected chi connectivity index (χ0v) is 13.9. The van der Waals surface area contributed by atoms with Gasteiger partial charge < -0.3 is 9.73 Å². The first-order valence-corrected chi connectivity index (χ1v) is 7.80. The number of carbonyl (C=O) groups excluding carboxylic acids is 1. The Balaban J connectivity index is 1.88. The van der Waals surface area contributed by atoms with E-state index in [-0.39, 0.29) is 11.9 Å². The van der Waals surface area contributed by atoms with E-state index in [1.807, 2.05) is 25.1 Å². The molecule has 0 aliphatic rings. The average molecular weight is 404 g/mol. The van der Waals surface area contributed by atoms with Gasteiger partial charge in [0, 0.05) is 21.6 Å². The van der Waals surface area contributed by atoms with Gasteiger partial charge in [0.05, 0.1) is 11.3 Å². The maximum atomic E-state index is 12.1. The van der Waals surface area contributed by atoms with Crippen molar-refractivity contribution in [3.63, 3.8) is 0 Å². The number of halogens is 2. The molecule has 0 fully saturated rings. The molecule has 0 aliphatic heterocycles. The highest BCUT2D eigenvalue weighted by atomic mass is 127. The van der Waals surface area contributed by atoms with Gasteiger partial charge in [-0.15, -0.1) is 0 Å². The van der Waals surface area contributed by atoms with Crippen molar-refractivity contribution in [2.45, 2.75) is 25.8 Å². The smallest absolute Gasteiger partial charge is 0.251 e. The maximum absolute atomic E-state index is 12.1. The lowest BCUT2D eigenvalue weighted by atomic mass is 10.1. The number of furan rings is 1. The van der Waals surface area contributed by atoms with Crippen LogP contribution in [0.1, 0.15) is 29.5 Å². The molecule has 20 heavy (non-hydrogen) atoms. The third-order valence-corrected chi connectivity index (χ3v) is 4.54. The molecule has 0 spiro atoms. The van der Waals surface area contributed by atoms with Gasteiger partial charge in [-0.25, -0.2) is 0 Å². The van der Waals surface area contributed by atoms with Crippen LogP contribution in [-0.4, -0.2) is 11.9 Å². The molecule has 1 N–H and O–H groups in total. The van der Waals surface area contributed by atoms with Crippen molar-refractivity contribution >= 4 is 40.1 Å². The highest BCUT2D eigenvalue weighted by Gasteiger charge is 2.11. The molecule has 0 saturated heterocycles. The lowest BCUT2D eigenvalue weighted by Crippen LogP contribution is -2.32. The van der Waals surface area contributed by atoms with Gasteiger partial charge in [-0.3, -0.25) is 4.79 Å². The molecular formula is C15H15ClINO2. The third kappa shape index (κ3) is 4.24. The van der Waals surface area contributed by atoms with Crippen molar-refractivity contribution in [1.29, 1.82) is 0 Å². The van der Waals surface area contributed by atoms with E-state index in [1.54, 1.807) is 18.4 Å². The molecule has 1 aromatic heterocycles. The fourth-order valence-corrected chi connectivity index (χ4v) is 2.35. The van der Waals surface area contributed by atoms with E-state index in [4.69, 9.17) is 16.0 Å².